The summed E-state index contributed by atoms with van der Waals surface area (Å²) in [6.45, 7) is 5.87. The van der Waals surface area contributed by atoms with Gasteiger partial charge in [0.15, 0.2) is 5.16 Å². The molecule has 0 spiro atoms. The van der Waals surface area contributed by atoms with Crippen LogP contribution in [-0.4, -0.2) is 27.5 Å². The van der Waals surface area contributed by atoms with E-state index in [4.69, 9.17) is 0 Å². The van der Waals surface area contributed by atoms with Gasteiger partial charge in [0.1, 0.15) is 5.82 Å². The van der Waals surface area contributed by atoms with E-state index in [0.29, 0.717) is 10.8 Å². The third kappa shape index (κ3) is 3.65. The minimum Gasteiger partial charge on any atom is -0.326 e. The first-order chi connectivity index (χ1) is 12.4. The number of aromatic nitrogens is 2. The van der Waals surface area contributed by atoms with Crippen molar-refractivity contribution in [3.05, 3.63) is 45.2 Å². The number of anilines is 2. The highest BCUT2D eigenvalue weighted by molar-refractivity contribution is 7.99. The fourth-order valence-corrected chi connectivity index (χ4v) is 3.42. The molecule has 1 aromatic carbocycles. The zero-order valence-electron chi connectivity index (χ0n) is 14.8. The number of nitrogens with zero attached hydrogens (tertiary/aromatic N) is 1. The molecule has 1 aliphatic rings. The van der Waals surface area contributed by atoms with Gasteiger partial charge in [0.05, 0.1) is 11.5 Å². The normalized spacial score (nSPS) is 16.0. The van der Waals surface area contributed by atoms with Gasteiger partial charge in [-0.2, -0.15) is 0 Å². The standard InChI is InChI=1S/C18H20N4O3S/c1-4-26-18-21-15-14(17(25)22-18)12(8-13(23)20-15)16(24)19-11-6-5-9(2)10(3)7-11/h5-7,12H,4,8H2,1-3H3,(H,19,24)(H2,20,21,22,23,25). The fraction of sp³-hybridized carbons (Fsp3) is 0.333. The summed E-state index contributed by atoms with van der Waals surface area (Å²) in [5.74, 6) is -0.707. The summed E-state index contributed by atoms with van der Waals surface area (Å²) in [6, 6.07) is 5.57. The number of amides is 2. The highest BCUT2D eigenvalue weighted by Crippen LogP contribution is 2.30. The molecule has 3 rings (SSSR count). The van der Waals surface area contributed by atoms with Gasteiger partial charge in [0.2, 0.25) is 11.8 Å². The summed E-state index contributed by atoms with van der Waals surface area (Å²) in [5.41, 5.74) is 2.60. The van der Waals surface area contributed by atoms with Crippen LogP contribution in [0.15, 0.2) is 28.2 Å². The van der Waals surface area contributed by atoms with E-state index in [0.717, 1.165) is 16.9 Å². The molecule has 7 nitrogen and oxygen atoms in total. The quantitative estimate of drug-likeness (QED) is 0.565. The Bertz CT molecular complexity index is 939. The molecule has 0 bridgehead atoms. The topological polar surface area (TPSA) is 104 Å². The Morgan fingerprint density at radius 1 is 1.31 bits per heavy atom. The molecule has 2 amide bonds. The largest absolute Gasteiger partial charge is 0.326 e. The molecule has 0 fully saturated rings. The number of benzene rings is 1. The van der Waals surface area contributed by atoms with Crippen molar-refractivity contribution in [2.45, 2.75) is 38.3 Å². The van der Waals surface area contributed by atoms with Crippen LogP contribution < -0.4 is 16.2 Å². The van der Waals surface area contributed by atoms with E-state index in [1.54, 1.807) is 6.07 Å². The number of hydrogen-bond acceptors (Lipinski definition) is 5. The monoisotopic (exact) mass is 372 g/mol. The smallest absolute Gasteiger partial charge is 0.257 e. The highest BCUT2D eigenvalue weighted by atomic mass is 32.2. The molecule has 1 atom stereocenters. The van der Waals surface area contributed by atoms with E-state index < -0.39 is 17.4 Å². The molecule has 2 heterocycles. The van der Waals surface area contributed by atoms with Crippen LogP contribution in [0.2, 0.25) is 0 Å². The molecule has 1 aliphatic heterocycles. The summed E-state index contributed by atoms with van der Waals surface area (Å²) in [7, 11) is 0. The van der Waals surface area contributed by atoms with Gasteiger partial charge >= 0.3 is 0 Å². The van der Waals surface area contributed by atoms with Crippen molar-refractivity contribution in [2.24, 2.45) is 0 Å². The van der Waals surface area contributed by atoms with Crippen molar-refractivity contribution in [1.29, 1.82) is 0 Å². The number of aromatic amines is 1. The Labute approximate surface area is 155 Å². The molecule has 0 saturated carbocycles. The number of fused-ring (bicyclic) bond motifs is 1. The third-order valence-electron chi connectivity index (χ3n) is 4.30. The number of nitrogens with one attached hydrogen (secondary N) is 3. The van der Waals surface area contributed by atoms with E-state index in [2.05, 4.69) is 20.6 Å². The van der Waals surface area contributed by atoms with E-state index in [1.807, 2.05) is 32.9 Å². The van der Waals surface area contributed by atoms with E-state index in [9.17, 15) is 14.4 Å². The van der Waals surface area contributed by atoms with Crippen molar-refractivity contribution >= 4 is 35.1 Å². The van der Waals surface area contributed by atoms with Crippen LogP contribution >= 0.6 is 11.8 Å². The number of aryl methyl sites for hydroxylation is 2. The van der Waals surface area contributed by atoms with Crippen LogP contribution in [0.1, 0.15) is 36.0 Å². The summed E-state index contributed by atoms with van der Waals surface area (Å²) in [4.78, 5) is 44.2. The summed E-state index contributed by atoms with van der Waals surface area (Å²) < 4.78 is 0. The maximum atomic E-state index is 12.8. The van der Waals surface area contributed by atoms with Crippen molar-refractivity contribution in [3.8, 4) is 0 Å². The van der Waals surface area contributed by atoms with E-state index >= 15 is 0 Å². The highest BCUT2D eigenvalue weighted by Gasteiger charge is 2.34. The maximum absolute atomic E-state index is 12.8. The molecule has 3 N–H and O–H groups in total. The molecule has 0 aliphatic carbocycles. The minimum absolute atomic E-state index is 0.0886. The van der Waals surface area contributed by atoms with Gasteiger partial charge in [-0.05, 0) is 42.9 Å². The minimum atomic E-state index is -0.878. The predicted molar refractivity (Wildman–Crippen MR) is 102 cm³/mol. The van der Waals surface area contributed by atoms with Gasteiger partial charge in [-0.15, -0.1) is 0 Å². The second-order valence-corrected chi connectivity index (χ2v) is 7.41. The van der Waals surface area contributed by atoms with Crippen LogP contribution in [-0.2, 0) is 9.59 Å². The van der Waals surface area contributed by atoms with Gasteiger partial charge in [-0.3, -0.25) is 14.4 Å². The van der Waals surface area contributed by atoms with Crippen molar-refractivity contribution in [2.75, 3.05) is 16.4 Å². The lowest BCUT2D eigenvalue weighted by Gasteiger charge is -2.23. The molecule has 0 radical (unpaired) electrons. The Hall–Kier alpha value is -2.61. The van der Waals surface area contributed by atoms with Gasteiger partial charge in [0, 0.05) is 12.1 Å². The summed E-state index contributed by atoms with van der Waals surface area (Å²) in [5, 5.41) is 5.83. The lowest BCUT2D eigenvalue weighted by atomic mass is 9.92. The van der Waals surface area contributed by atoms with E-state index in [1.165, 1.54) is 11.8 Å². The zero-order valence-corrected chi connectivity index (χ0v) is 15.6. The van der Waals surface area contributed by atoms with Gasteiger partial charge in [0.25, 0.3) is 5.56 Å². The molecule has 0 saturated heterocycles. The average molecular weight is 372 g/mol. The van der Waals surface area contributed by atoms with Crippen molar-refractivity contribution in [3.63, 3.8) is 0 Å². The maximum Gasteiger partial charge on any atom is 0.257 e. The summed E-state index contributed by atoms with van der Waals surface area (Å²) in [6.07, 6.45) is -0.0886. The predicted octanol–water partition coefficient (Wildman–Crippen LogP) is 2.56. The molecular weight excluding hydrogens is 352 g/mol. The first-order valence-corrected chi connectivity index (χ1v) is 9.32. The van der Waals surface area contributed by atoms with Crippen LogP contribution in [0.5, 0.6) is 0 Å². The third-order valence-corrected chi connectivity index (χ3v) is 5.06. The van der Waals surface area contributed by atoms with E-state index in [-0.39, 0.29) is 23.7 Å². The number of hydrogen-bond donors (Lipinski definition) is 3. The van der Waals surface area contributed by atoms with Crippen LogP contribution in [0.25, 0.3) is 0 Å². The molecule has 1 aromatic heterocycles. The van der Waals surface area contributed by atoms with Gasteiger partial charge in [-0.1, -0.05) is 24.8 Å². The lowest BCUT2D eigenvalue weighted by Crippen LogP contribution is -2.36. The molecule has 26 heavy (non-hydrogen) atoms. The molecule has 1 unspecified atom stereocenters. The second-order valence-electron chi connectivity index (χ2n) is 6.16. The SMILES string of the molecule is CCSc1nc2c(c(=O)[nH]1)C(C(=O)Nc1ccc(C)c(C)c1)CC(=O)N2. The number of rotatable bonds is 4. The molecule has 136 valence electrons. The average Bonchev–Trinajstić information content (AvgIpc) is 2.57. The number of carbonyl (C=O) groups is 2. The van der Waals surface area contributed by atoms with Crippen molar-refractivity contribution in [1.82, 2.24) is 9.97 Å². The number of carbonyl (C=O) groups excluding carboxylic acids is 2. The summed E-state index contributed by atoms with van der Waals surface area (Å²) >= 11 is 1.36. The number of H-pyrrole nitrogens is 1. The van der Waals surface area contributed by atoms with Crippen LogP contribution in [0.3, 0.4) is 0 Å². The lowest BCUT2D eigenvalue weighted by molar-refractivity contribution is -0.123. The molecule has 8 heteroatoms. The molecule has 2 aromatic rings. The van der Waals surface area contributed by atoms with Crippen LogP contribution in [0.4, 0.5) is 11.5 Å². The zero-order chi connectivity index (χ0) is 18.8. The fourth-order valence-electron chi connectivity index (χ4n) is 2.83. The van der Waals surface area contributed by atoms with Crippen molar-refractivity contribution < 1.29 is 9.59 Å². The first-order valence-electron chi connectivity index (χ1n) is 8.34. The Morgan fingerprint density at radius 2 is 2.08 bits per heavy atom. The van der Waals surface area contributed by atoms with Crippen LogP contribution in [0, 0.1) is 13.8 Å². The Balaban J connectivity index is 1.93. The van der Waals surface area contributed by atoms with Gasteiger partial charge in [-0.25, -0.2) is 4.98 Å². The first kappa shape index (κ1) is 18.2. The second kappa shape index (κ2) is 7.33. The Morgan fingerprint density at radius 3 is 2.77 bits per heavy atom. The molecular formula is C18H20N4O3S. The Kier molecular flexibility index (Phi) is 5.13. The van der Waals surface area contributed by atoms with Gasteiger partial charge < -0.3 is 15.6 Å². The number of thioether (sulfide) groups is 1.